The Bertz CT molecular complexity index is 138. The van der Waals surface area contributed by atoms with Gasteiger partial charge in [-0.05, 0) is 18.4 Å². The molecule has 0 aliphatic carbocycles. The predicted octanol–water partition coefficient (Wildman–Crippen LogP) is 1.90. The molecule has 2 heteroatoms. The molecule has 0 aromatic rings. The number of nitrogens with zero attached hydrogens (tertiary/aromatic N) is 2. The van der Waals surface area contributed by atoms with E-state index in [0.717, 1.165) is 13.1 Å². The van der Waals surface area contributed by atoms with E-state index in [2.05, 4.69) is 16.6 Å². The van der Waals surface area contributed by atoms with E-state index in [0.29, 0.717) is 0 Å². The van der Waals surface area contributed by atoms with Crippen molar-refractivity contribution in [2.75, 3.05) is 26.2 Å². The van der Waals surface area contributed by atoms with Crippen molar-refractivity contribution in [3.8, 4) is 0 Å². The van der Waals surface area contributed by atoms with Gasteiger partial charge in [-0.2, -0.15) is 0 Å². The zero-order valence-electron chi connectivity index (χ0n) is 8.34. The van der Waals surface area contributed by atoms with Crippen LogP contribution in [-0.4, -0.2) is 36.2 Å². The number of rotatable bonds is 0. The molecule has 0 aromatic carbocycles. The molecule has 0 unspecified atom stereocenters. The van der Waals surface area contributed by atoms with Crippen molar-refractivity contribution in [3.05, 3.63) is 12.2 Å². The van der Waals surface area contributed by atoms with Crippen LogP contribution in [-0.2, 0) is 0 Å². The highest BCUT2D eigenvalue weighted by atomic mass is 15.6. The van der Waals surface area contributed by atoms with Gasteiger partial charge in [-0.3, -0.25) is 0 Å². The highest BCUT2D eigenvalue weighted by molar-refractivity contribution is 5.05. The molecular formula is C10H20N2. The molecule has 12 heavy (non-hydrogen) atoms. The first-order valence-corrected chi connectivity index (χ1v) is 5.03. The molecule has 2 fully saturated rings. The molecule has 0 N–H and O–H groups in total. The van der Waals surface area contributed by atoms with Gasteiger partial charge in [-0.1, -0.05) is 20.4 Å². The summed E-state index contributed by atoms with van der Waals surface area (Å²) in [7, 11) is 0. The quantitative estimate of drug-likeness (QED) is 0.510. The van der Waals surface area contributed by atoms with E-state index in [1.54, 1.807) is 0 Å². The van der Waals surface area contributed by atoms with Gasteiger partial charge in [0, 0.05) is 26.2 Å². The fourth-order valence-corrected chi connectivity index (χ4v) is 1.80. The van der Waals surface area contributed by atoms with Crippen LogP contribution in [0.3, 0.4) is 0 Å². The van der Waals surface area contributed by atoms with E-state index in [-0.39, 0.29) is 0 Å². The molecule has 0 amide bonds. The van der Waals surface area contributed by atoms with Gasteiger partial charge >= 0.3 is 0 Å². The molecular weight excluding hydrogens is 148 g/mol. The van der Waals surface area contributed by atoms with Crippen LogP contribution >= 0.6 is 0 Å². The number of fused-ring (bicyclic) bond motifs is 1. The minimum atomic E-state index is 1.11. The Morgan fingerprint density at radius 2 is 1.42 bits per heavy atom. The minimum absolute atomic E-state index is 1.11. The van der Waals surface area contributed by atoms with Crippen LogP contribution in [0, 0.1) is 0 Å². The van der Waals surface area contributed by atoms with Crippen molar-refractivity contribution in [2.45, 2.75) is 26.7 Å². The van der Waals surface area contributed by atoms with Crippen LogP contribution in [0.4, 0.5) is 0 Å². The predicted molar refractivity (Wildman–Crippen MR) is 52.9 cm³/mol. The molecule has 0 radical (unpaired) electrons. The molecule has 2 saturated heterocycles. The summed E-state index contributed by atoms with van der Waals surface area (Å²) < 4.78 is 0. The van der Waals surface area contributed by atoms with E-state index in [4.69, 9.17) is 0 Å². The lowest BCUT2D eigenvalue weighted by molar-refractivity contribution is -0.00111. The van der Waals surface area contributed by atoms with Crippen molar-refractivity contribution in [1.29, 1.82) is 0 Å². The second-order valence-corrected chi connectivity index (χ2v) is 3.23. The third-order valence-corrected chi connectivity index (χ3v) is 2.29. The molecule has 0 bridgehead atoms. The molecule has 2 nitrogen and oxygen atoms in total. The van der Waals surface area contributed by atoms with Crippen molar-refractivity contribution in [1.82, 2.24) is 10.0 Å². The van der Waals surface area contributed by atoms with Crippen molar-refractivity contribution in [3.63, 3.8) is 0 Å². The molecule has 2 rings (SSSR count). The average Bonchev–Trinajstić information content (AvgIpc) is 2.48. The van der Waals surface area contributed by atoms with Gasteiger partial charge in [0.05, 0.1) is 0 Å². The van der Waals surface area contributed by atoms with Gasteiger partial charge in [-0.25, -0.2) is 10.0 Å². The molecule has 0 spiro atoms. The lowest BCUT2D eigenvalue weighted by Crippen LogP contribution is -2.41. The monoisotopic (exact) mass is 168 g/mol. The Morgan fingerprint density at radius 1 is 1.00 bits per heavy atom. The second-order valence-electron chi connectivity index (χ2n) is 3.23. The Balaban J connectivity index is 0.000000336. The summed E-state index contributed by atoms with van der Waals surface area (Å²) in [6.45, 7) is 12.7. The van der Waals surface area contributed by atoms with Crippen LogP contribution < -0.4 is 0 Å². The Kier molecular flexibility index (Phi) is 3.76. The maximum atomic E-state index is 4.00. The molecule has 70 valence electrons. The van der Waals surface area contributed by atoms with Crippen molar-refractivity contribution < 1.29 is 0 Å². The summed E-state index contributed by atoms with van der Waals surface area (Å²) in [5.41, 5.74) is 1.38. The fourth-order valence-electron chi connectivity index (χ4n) is 1.80. The van der Waals surface area contributed by atoms with Gasteiger partial charge in [0.25, 0.3) is 0 Å². The standard InChI is InChI=1S/C8H14N2.C2H6/c1-8-6-9-4-2-3-5-10(9)7-8;1-2/h1-7H2;1-2H3. The molecule has 0 atom stereocenters. The third-order valence-electron chi connectivity index (χ3n) is 2.29. The smallest absolute Gasteiger partial charge is 0.0354 e. The minimum Gasteiger partial charge on any atom is -0.237 e. The first kappa shape index (κ1) is 9.75. The van der Waals surface area contributed by atoms with Gasteiger partial charge in [-0.15, -0.1) is 0 Å². The van der Waals surface area contributed by atoms with Crippen LogP contribution in [0.25, 0.3) is 0 Å². The summed E-state index contributed by atoms with van der Waals surface area (Å²) in [6.07, 6.45) is 2.73. The van der Waals surface area contributed by atoms with Crippen LogP contribution in [0.2, 0.25) is 0 Å². The lowest BCUT2D eigenvalue weighted by atomic mass is 10.2. The van der Waals surface area contributed by atoms with Gasteiger partial charge in [0.2, 0.25) is 0 Å². The summed E-state index contributed by atoms with van der Waals surface area (Å²) in [4.78, 5) is 0. The van der Waals surface area contributed by atoms with Crippen molar-refractivity contribution in [2.24, 2.45) is 0 Å². The molecule has 0 saturated carbocycles. The highest BCUT2D eigenvalue weighted by Gasteiger charge is 2.25. The average molecular weight is 168 g/mol. The SMILES string of the molecule is C=C1CN2CCCCN2C1.CC. The van der Waals surface area contributed by atoms with E-state index >= 15 is 0 Å². The van der Waals surface area contributed by atoms with E-state index < -0.39 is 0 Å². The molecule has 0 aromatic heterocycles. The number of hydrazine groups is 1. The maximum Gasteiger partial charge on any atom is 0.0354 e. The van der Waals surface area contributed by atoms with Gasteiger partial charge in [0.15, 0.2) is 0 Å². The van der Waals surface area contributed by atoms with E-state index in [9.17, 15) is 0 Å². The first-order valence-electron chi connectivity index (χ1n) is 5.03. The third kappa shape index (κ3) is 2.08. The fraction of sp³-hybridized carbons (Fsp3) is 0.800. The van der Waals surface area contributed by atoms with Gasteiger partial charge in [0.1, 0.15) is 0 Å². The molecule has 2 aliphatic heterocycles. The summed E-state index contributed by atoms with van der Waals surface area (Å²) in [6, 6.07) is 0. The Labute approximate surface area is 75.8 Å². The number of hydrogen-bond acceptors (Lipinski definition) is 2. The Hall–Kier alpha value is -0.340. The summed E-state index contributed by atoms with van der Waals surface area (Å²) >= 11 is 0. The summed E-state index contributed by atoms with van der Waals surface area (Å²) in [5, 5.41) is 4.84. The van der Waals surface area contributed by atoms with Crippen LogP contribution in [0.5, 0.6) is 0 Å². The van der Waals surface area contributed by atoms with E-state index in [1.165, 1.54) is 31.5 Å². The molecule has 2 heterocycles. The normalized spacial score (nSPS) is 24.7. The van der Waals surface area contributed by atoms with E-state index in [1.807, 2.05) is 13.8 Å². The second kappa shape index (κ2) is 4.63. The zero-order valence-corrected chi connectivity index (χ0v) is 8.34. The first-order chi connectivity index (χ1) is 5.86. The van der Waals surface area contributed by atoms with Crippen LogP contribution in [0.15, 0.2) is 12.2 Å². The Morgan fingerprint density at radius 3 is 1.83 bits per heavy atom. The lowest BCUT2D eigenvalue weighted by Gasteiger charge is -2.31. The topological polar surface area (TPSA) is 6.48 Å². The number of hydrogen-bond donors (Lipinski definition) is 0. The van der Waals surface area contributed by atoms with Crippen molar-refractivity contribution >= 4 is 0 Å². The van der Waals surface area contributed by atoms with Gasteiger partial charge < -0.3 is 0 Å². The highest BCUT2D eigenvalue weighted by Crippen LogP contribution is 2.19. The maximum absolute atomic E-state index is 4.00. The van der Waals surface area contributed by atoms with Crippen LogP contribution in [0.1, 0.15) is 26.7 Å². The molecule has 2 aliphatic rings. The largest absolute Gasteiger partial charge is 0.237 e. The zero-order chi connectivity index (χ0) is 8.97. The summed E-state index contributed by atoms with van der Waals surface area (Å²) in [5.74, 6) is 0.